The number of anilines is 1. The van der Waals surface area contributed by atoms with E-state index in [1.807, 2.05) is 13.0 Å². The van der Waals surface area contributed by atoms with Crippen LogP contribution in [0.25, 0.3) is 10.9 Å². The first-order chi connectivity index (χ1) is 7.33. The van der Waals surface area contributed by atoms with Crippen molar-refractivity contribution in [2.75, 3.05) is 5.32 Å². The summed E-state index contributed by atoms with van der Waals surface area (Å²) in [4.78, 5) is 4.52. The predicted molar refractivity (Wildman–Crippen MR) is 63.1 cm³/mol. The molecule has 3 rings (SSSR count). The summed E-state index contributed by atoms with van der Waals surface area (Å²) in [6, 6.07) is 11.1. The summed E-state index contributed by atoms with van der Waals surface area (Å²) in [6.45, 7) is 2.05. The number of nitrogens with zero attached hydrogens (tertiary/aromatic N) is 1. The molecular weight excluding hydrogens is 184 g/mol. The Bertz CT molecular complexity index is 501. The van der Waals surface area contributed by atoms with Crippen molar-refractivity contribution in [1.29, 1.82) is 0 Å². The van der Waals surface area contributed by atoms with Crippen LogP contribution in [0.15, 0.2) is 30.3 Å². The van der Waals surface area contributed by atoms with Crippen LogP contribution in [0, 0.1) is 6.92 Å². The molecule has 1 heterocycles. The van der Waals surface area contributed by atoms with Gasteiger partial charge in [-0.05, 0) is 31.9 Å². The minimum Gasteiger partial charge on any atom is -0.382 e. The largest absolute Gasteiger partial charge is 0.382 e. The van der Waals surface area contributed by atoms with Gasteiger partial charge in [-0.25, -0.2) is 0 Å². The molecule has 1 fully saturated rings. The highest BCUT2D eigenvalue weighted by Crippen LogP contribution is 2.29. The number of pyridine rings is 1. The molecule has 2 heteroatoms. The fourth-order valence-electron chi connectivity index (χ4n) is 1.87. The van der Waals surface area contributed by atoms with E-state index < -0.39 is 0 Å². The van der Waals surface area contributed by atoms with Crippen molar-refractivity contribution in [2.24, 2.45) is 0 Å². The monoisotopic (exact) mass is 198 g/mol. The maximum atomic E-state index is 4.52. The lowest BCUT2D eigenvalue weighted by Gasteiger charge is -2.09. The summed E-state index contributed by atoms with van der Waals surface area (Å²) in [7, 11) is 0. The third-order valence-corrected chi connectivity index (χ3v) is 2.78. The van der Waals surface area contributed by atoms with Gasteiger partial charge in [-0.3, -0.25) is 4.98 Å². The molecule has 0 unspecified atom stereocenters. The molecule has 1 aliphatic carbocycles. The third kappa shape index (κ3) is 1.67. The third-order valence-electron chi connectivity index (χ3n) is 2.78. The van der Waals surface area contributed by atoms with Gasteiger partial charge in [-0.15, -0.1) is 0 Å². The van der Waals surface area contributed by atoms with Crippen molar-refractivity contribution >= 4 is 16.6 Å². The molecule has 15 heavy (non-hydrogen) atoms. The van der Waals surface area contributed by atoms with Crippen molar-refractivity contribution in [3.05, 3.63) is 36.0 Å². The topological polar surface area (TPSA) is 24.9 Å². The molecule has 0 aliphatic heterocycles. The second kappa shape index (κ2) is 3.23. The molecule has 2 nitrogen and oxygen atoms in total. The smallest absolute Gasteiger partial charge is 0.0725 e. The van der Waals surface area contributed by atoms with Gasteiger partial charge >= 0.3 is 0 Å². The molecule has 0 bridgehead atoms. The van der Waals surface area contributed by atoms with E-state index in [-0.39, 0.29) is 0 Å². The number of fused-ring (bicyclic) bond motifs is 1. The summed E-state index contributed by atoms with van der Waals surface area (Å²) in [5.41, 5.74) is 3.40. The SMILES string of the molecule is Cc1cc(NC2CC2)c2ccccc2n1. The van der Waals surface area contributed by atoms with E-state index in [1.54, 1.807) is 0 Å². The summed E-state index contributed by atoms with van der Waals surface area (Å²) < 4.78 is 0. The fraction of sp³-hybridized carbons (Fsp3) is 0.308. The Kier molecular flexibility index (Phi) is 1.88. The zero-order valence-corrected chi connectivity index (χ0v) is 8.83. The number of nitrogens with one attached hydrogen (secondary N) is 1. The number of aromatic nitrogens is 1. The molecule has 1 aliphatic rings. The first kappa shape index (κ1) is 8.72. The number of hydrogen-bond donors (Lipinski definition) is 1. The summed E-state index contributed by atoms with van der Waals surface area (Å²) in [5, 5.41) is 4.79. The minimum absolute atomic E-state index is 0.690. The van der Waals surface area contributed by atoms with Crippen molar-refractivity contribution in [3.8, 4) is 0 Å². The lowest BCUT2D eigenvalue weighted by atomic mass is 10.1. The van der Waals surface area contributed by atoms with Gasteiger partial charge in [0.1, 0.15) is 0 Å². The van der Waals surface area contributed by atoms with Crippen LogP contribution in [0.1, 0.15) is 18.5 Å². The van der Waals surface area contributed by atoms with Gasteiger partial charge in [-0.1, -0.05) is 18.2 Å². The van der Waals surface area contributed by atoms with Crippen LogP contribution >= 0.6 is 0 Å². The Morgan fingerprint density at radius 2 is 2.07 bits per heavy atom. The maximum absolute atomic E-state index is 4.52. The molecule has 0 amide bonds. The second-order valence-corrected chi connectivity index (χ2v) is 4.25. The number of rotatable bonds is 2. The van der Waals surface area contributed by atoms with Crippen molar-refractivity contribution < 1.29 is 0 Å². The van der Waals surface area contributed by atoms with Crippen LogP contribution in [-0.2, 0) is 0 Å². The highest BCUT2D eigenvalue weighted by molar-refractivity contribution is 5.91. The lowest BCUT2D eigenvalue weighted by molar-refractivity contribution is 1.15. The lowest BCUT2D eigenvalue weighted by Crippen LogP contribution is -2.02. The Morgan fingerprint density at radius 1 is 1.27 bits per heavy atom. The summed E-state index contributed by atoms with van der Waals surface area (Å²) in [6.07, 6.45) is 2.60. The number of aryl methyl sites for hydroxylation is 1. The van der Waals surface area contributed by atoms with Crippen molar-refractivity contribution in [3.63, 3.8) is 0 Å². The summed E-state index contributed by atoms with van der Waals surface area (Å²) in [5.74, 6) is 0. The van der Waals surface area contributed by atoms with E-state index in [4.69, 9.17) is 0 Å². The quantitative estimate of drug-likeness (QED) is 0.802. The molecule has 0 atom stereocenters. The first-order valence-electron chi connectivity index (χ1n) is 5.46. The highest BCUT2D eigenvalue weighted by atomic mass is 15.0. The average Bonchev–Trinajstić information content (AvgIpc) is 3.01. The number of benzene rings is 1. The molecule has 1 aromatic heterocycles. The summed E-state index contributed by atoms with van der Waals surface area (Å²) >= 11 is 0. The second-order valence-electron chi connectivity index (χ2n) is 4.25. The zero-order chi connectivity index (χ0) is 10.3. The Balaban J connectivity index is 2.16. The fourth-order valence-corrected chi connectivity index (χ4v) is 1.87. The Labute approximate surface area is 89.3 Å². The molecule has 1 saturated carbocycles. The van der Waals surface area contributed by atoms with E-state index in [0.717, 1.165) is 11.2 Å². The predicted octanol–water partition coefficient (Wildman–Crippen LogP) is 3.12. The van der Waals surface area contributed by atoms with Gasteiger partial charge in [0.2, 0.25) is 0 Å². The molecule has 76 valence electrons. The van der Waals surface area contributed by atoms with Gasteiger partial charge < -0.3 is 5.32 Å². The van der Waals surface area contributed by atoms with E-state index in [1.165, 1.54) is 23.9 Å². The van der Waals surface area contributed by atoms with E-state index in [0.29, 0.717) is 6.04 Å². The minimum atomic E-state index is 0.690. The average molecular weight is 198 g/mol. The van der Waals surface area contributed by atoms with Crippen LogP contribution < -0.4 is 5.32 Å². The Hall–Kier alpha value is -1.57. The van der Waals surface area contributed by atoms with Crippen LogP contribution in [-0.4, -0.2) is 11.0 Å². The zero-order valence-electron chi connectivity index (χ0n) is 8.83. The van der Waals surface area contributed by atoms with Gasteiger partial charge in [-0.2, -0.15) is 0 Å². The molecular formula is C13H14N2. The first-order valence-corrected chi connectivity index (χ1v) is 5.46. The normalized spacial score (nSPS) is 15.5. The molecule has 0 spiro atoms. The maximum Gasteiger partial charge on any atom is 0.0725 e. The van der Waals surface area contributed by atoms with Gasteiger partial charge in [0, 0.05) is 22.8 Å². The van der Waals surface area contributed by atoms with Gasteiger partial charge in [0.15, 0.2) is 0 Å². The molecule has 2 aromatic rings. The Morgan fingerprint density at radius 3 is 2.87 bits per heavy atom. The molecule has 0 saturated heterocycles. The van der Waals surface area contributed by atoms with E-state index in [2.05, 4.69) is 34.6 Å². The number of para-hydroxylation sites is 1. The molecule has 1 N–H and O–H groups in total. The van der Waals surface area contributed by atoms with E-state index >= 15 is 0 Å². The van der Waals surface area contributed by atoms with Crippen LogP contribution in [0.3, 0.4) is 0 Å². The van der Waals surface area contributed by atoms with Gasteiger partial charge in [0.05, 0.1) is 5.52 Å². The van der Waals surface area contributed by atoms with Crippen molar-refractivity contribution in [2.45, 2.75) is 25.8 Å². The van der Waals surface area contributed by atoms with Crippen molar-refractivity contribution in [1.82, 2.24) is 4.98 Å². The van der Waals surface area contributed by atoms with Gasteiger partial charge in [0.25, 0.3) is 0 Å². The van der Waals surface area contributed by atoms with Crippen LogP contribution in [0.2, 0.25) is 0 Å². The molecule has 1 aromatic carbocycles. The number of hydrogen-bond acceptors (Lipinski definition) is 2. The molecule has 0 radical (unpaired) electrons. The standard InChI is InChI=1S/C13H14N2/c1-9-8-13(15-10-6-7-10)11-4-2-3-5-12(11)14-9/h2-5,8,10H,6-7H2,1H3,(H,14,15). The van der Waals surface area contributed by atoms with Crippen LogP contribution in [0.4, 0.5) is 5.69 Å². The van der Waals surface area contributed by atoms with Crippen LogP contribution in [0.5, 0.6) is 0 Å². The van der Waals surface area contributed by atoms with E-state index in [9.17, 15) is 0 Å². The highest BCUT2D eigenvalue weighted by Gasteiger charge is 2.21.